The number of hydrogen-bond acceptors (Lipinski definition) is 11. The normalized spacial score (nSPS) is 14.7. The highest BCUT2D eigenvalue weighted by atomic mass is 32.1. The Morgan fingerprint density at radius 2 is 0.948 bits per heavy atom. The summed E-state index contributed by atoms with van der Waals surface area (Å²) in [6.45, 7) is -0.250. The number of carbonyl (C=O) groups excluding carboxylic acids is 6. The molecule has 0 N–H and O–H groups in total. The molecular weight excluding hydrogens is 789 g/mol. The van der Waals surface area contributed by atoms with Gasteiger partial charge in [-0.3, -0.25) is 28.8 Å². The summed E-state index contributed by atoms with van der Waals surface area (Å²) in [6.07, 6.45) is 3.09. The van der Waals surface area contributed by atoms with Gasteiger partial charge < -0.3 is 9.47 Å². The van der Waals surface area contributed by atoms with Crippen LogP contribution in [0.4, 0.5) is 0 Å². The molecule has 10 rings (SSSR count). The van der Waals surface area contributed by atoms with Gasteiger partial charge in [-0.05, 0) is 35.4 Å². The second-order valence-corrected chi connectivity index (χ2v) is 17.2. The lowest BCUT2D eigenvalue weighted by Crippen LogP contribution is -2.45. The number of fused-ring (bicyclic) bond motifs is 7. The Kier molecular flexibility index (Phi) is 8.48. The first kappa shape index (κ1) is 35.7. The Hall–Kier alpha value is -6.66. The molecule has 0 radical (unpaired) electrons. The smallest absolute Gasteiger partial charge is 0.333 e. The van der Waals surface area contributed by atoms with Crippen molar-refractivity contribution in [3.8, 4) is 9.75 Å². The van der Waals surface area contributed by atoms with E-state index in [4.69, 9.17) is 9.47 Å². The maximum atomic E-state index is 15.0. The molecule has 0 spiro atoms. The molecule has 3 aliphatic rings. The lowest BCUT2D eigenvalue weighted by molar-refractivity contribution is -0.164. The number of esters is 2. The van der Waals surface area contributed by atoms with E-state index in [1.54, 1.807) is 60.7 Å². The van der Waals surface area contributed by atoms with Crippen LogP contribution >= 0.6 is 34.0 Å². The number of ether oxygens (including phenoxy) is 2. The van der Waals surface area contributed by atoms with Crippen LogP contribution in [0.1, 0.15) is 73.4 Å². The van der Waals surface area contributed by atoms with Crippen molar-refractivity contribution in [3.05, 3.63) is 187 Å². The summed E-state index contributed by atoms with van der Waals surface area (Å²) in [5.74, 6) is -3.22. The van der Waals surface area contributed by atoms with Crippen LogP contribution in [0.25, 0.3) is 31.3 Å². The van der Waals surface area contributed by atoms with Gasteiger partial charge in [0.25, 0.3) is 0 Å². The van der Waals surface area contributed by atoms with E-state index in [1.165, 1.54) is 40.1 Å². The van der Waals surface area contributed by atoms with Crippen LogP contribution in [0.2, 0.25) is 0 Å². The summed E-state index contributed by atoms with van der Waals surface area (Å²) in [4.78, 5) is 85.9. The van der Waals surface area contributed by atoms with Crippen molar-refractivity contribution >= 4 is 90.6 Å². The Balaban J connectivity index is 1.14. The molecule has 0 saturated heterocycles. The van der Waals surface area contributed by atoms with Crippen molar-refractivity contribution in [1.82, 2.24) is 0 Å². The minimum atomic E-state index is -2.11. The fourth-order valence-corrected chi connectivity index (χ4v) is 11.8. The van der Waals surface area contributed by atoms with Crippen molar-refractivity contribution in [2.45, 2.75) is 18.6 Å². The van der Waals surface area contributed by atoms with E-state index >= 15 is 9.59 Å². The SMILES string of the molecule is O=C1C(=Cc2cc3c(s2)-c2sc4cc(C=C5C(=O)c6ccccc6C5=O)sc4c2C3(C(=O)OCc2ccccc2)C(=O)OCc2ccccc2)C(=O)c2ccccc21. The monoisotopic (exact) mass is 814 g/mol. The first-order valence-corrected chi connectivity index (χ1v) is 20.6. The van der Waals surface area contributed by atoms with Crippen LogP contribution in [0.15, 0.2) is 132 Å². The number of ketones is 4. The predicted molar refractivity (Wildman–Crippen MR) is 222 cm³/mol. The van der Waals surface area contributed by atoms with Gasteiger partial charge in [0.05, 0.1) is 25.6 Å². The van der Waals surface area contributed by atoms with Crippen LogP contribution < -0.4 is 0 Å². The maximum absolute atomic E-state index is 15.0. The van der Waals surface area contributed by atoms with Crippen molar-refractivity contribution in [3.63, 3.8) is 0 Å². The highest BCUT2D eigenvalue weighted by Gasteiger charge is 2.61. The molecule has 3 aromatic heterocycles. The molecule has 7 aromatic rings. The third-order valence-electron chi connectivity index (χ3n) is 10.5. The predicted octanol–water partition coefficient (Wildman–Crippen LogP) is 9.70. The van der Waals surface area contributed by atoms with E-state index in [2.05, 4.69) is 0 Å². The molecule has 0 fully saturated rings. The molecule has 0 atom stereocenters. The first-order valence-electron chi connectivity index (χ1n) is 18.2. The third kappa shape index (κ3) is 5.46. The third-order valence-corrected chi connectivity index (χ3v) is 14.2. The lowest BCUT2D eigenvalue weighted by atomic mass is 9.79. The zero-order chi connectivity index (χ0) is 39.7. The highest BCUT2D eigenvalue weighted by Crippen LogP contribution is 2.61. The Morgan fingerprint density at radius 3 is 1.41 bits per heavy atom. The van der Waals surface area contributed by atoms with E-state index in [9.17, 15) is 19.2 Å². The quantitative estimate of drug-likeness (QED) is 0.0644. The van der Waals surface area contributed by atoms with Crippen LogP contribution in [0, 0.1) is 0 Å². The number of allylic oxidation sites excluding steroid dienone is 2. The molecule has 0 aliphatic heterocycles. The molecule has 58 heavy (non-hydrogen) atoms. The number of benzene rings is 4. The number of thiophene rings is 3. The number of Topliss-reactive ketones (excluding diaryl/α,β-unsaturated/α-hetero) is 4. The second-order valence-electron chi connectivity index (χ2n) is 13.9. The van der Waals surface area contributed by atoms with Crippen molar-refractivity contribution in [1.29, 1.82) is 0 Å². The molecule has 4 aromatic carbocycles. The van der Waals surface area contributed by atoms with E-state index in [0.717, 1.165) is 4.70 Å². The van der Waals surface area contributed by atoms with Gasteiger partial charge in [0, 0.05) is 47.8 Å². The maximum Gasteiger partial charge on any atom is 0.333 e. The van der Waals surface area contributed by atoms with Crippen LogP contribution in [-0.2, 0) is 37.7 Å². The van der Waals surface area contributed by atoms with Gasteiger partial charge in [-0.15, -0.1) is 34.0 Å². The first-order chi connectivity index (χ1) is 28.2. The largest absolute Gasteiger partial charge is 0.459 e. The molecule has 3 heterocycles. The molecule has 0 amide bonds. The summed E-state index contributed by atoms with van der Waals surface area (Å²) in [5.41, 5.74) is 1.40. The van der Waals surface area contributed by atoms with E-state index in [-0.39, 0.29) is 35.9 Å². The summed E-state index contributed by atoms with van der Waals surface area (Å²) in [5, 5.41) is 0. The Bertz CT molecular complexity index is 2880. The van der Waals surface area contributed by atoms with Gasteiger partial charge in [0.15, 0.2) is 23.1 Å². The van der Waals surface area contributed by atoms with Gasteiger partial charge in [0.1, 0.15) is 13.2 Å². The fourth-order valence-electron chi connectivity index (χ4n) is 7.80. The van der Waals surface area contributed by atoms with E-state index in [1.807, 2.05) is 66.7 Å². The lowest BCUT2D eigenvalue weighted by Gasteiger charge is -2.26. The Labute approximate surface area is 342 Å². The summed E-state index contributed by atoms with van der Waals surface area (Å²) in [6, 6.07) is 35.1. The van der Waals surface area contributed by atoms with Gasteiger partial charge in [-0.25, -0.2) is 0 Å². The van der Waals surface area contributed by atoms with Crippen LogP contribution in [0.3, 0.4) is 0 Å². The minimum Gasteiger partial charge on any atom is -0.459 e. The van der Waals surface area contributed by atoms with Crippen molar-refractivity contribution < 1.29 is 38.2 Å². The van der Waals surface area contributed by atoms with Gasteiger partial charge >= 0.3 is 11.9 Å². The molecule has 0 unspecified atom stereocenters. The topological polar surface area (TPSA) is 121 Å². The molecule has 8 nitrogen and oxygen atoms in total. The molecule has 11 heteroatoms. The minimum absolute atomic E-state index is 0.00625. The highest BCUT2D eigenvalue weighted by molar-refractivity contribution is 7.32. The molecule has 280 valence electrons. The van der Waals surface area contributed by atoms with Gasteiger partial charge in [-0.1, -0.05) is 109 Å². The van der Waals surface area contributed by atoms with Gasteiger partial charge in [-0.2, -0.15) is 0 Å². The van der Waals surface area contributed by atoms with Crippen LogP contribution in [0.5, 0.6) is 0 Å². The fraction of sp³-hybridized carbons (Fsp3) is 0.0638. The zero-order valence-electron chi connectivity index (χ0n) is 30.1. The average molecular weight is 815 g/mol. The van der Waals surface area contributed by atoms with Crippen LogP contribution in [-0.4, -0.2) is 35.1 Å². The molecule has 3 aliphatic carbocycles. The standard InChI is InChI=1S/C47H26O8S3/c48-38-29-15-7-8-16-30(29)39(49)33(38)19-27-21-35-42(56-27)44-37(43-36(58-44)22-28(57-43)20-34-40(50)31-17-9-10-18-32(31)41(34)51)47(35,45(52)54-23-25-11-3-1-4-12-25)46(53)55-24-26-13-5-2-6-14-26/h1-22H,23-24H2. The second kappa shape index (κ2) is 13.8. The summed E-state index contributed by atoms with van der Waals surface area (Å²) < 4.78 is 13.5. The average Bonchev–Trinajstić information content (AvgIpc) is 4.07. The van der Waals surface area contributed by atoms with E-state index < -0.39 is 28.9 Å². The molecular formula is C47H26O8S3. The Morgan fingerprint density at radius 1 is 0.517 bits per heavy atom. The van der Waals surface area contributed by atoms with Crippen molar-refractivity contribution in [2.75, 3.05) is 0 Å². The molecule has 0 bridgehead atoms. The molecule has 0 saturated carbocycles. The number of hydrogen-bond donors (Lipinski definition) is 0. The summed E-state index contributed by atoms with van der Waals surface area (Å²) in [7, 11) is 0. The van der Waals surface area contributed by atoms with E-state index in [0.29, 0.717) is 68.7 Å². The number of carbonyl (C=O) groups is 6. The summed E-state index contributed by atoms with van der Waals surface area (Å²) >= 11 is 3.88. The van der Waals surface area contributed by atoms with Gasteiger partial charge in [0.2, 0.25) is 5.41 Å². The van der Waals surface area contributed by atoms with Crippen molar-refractivity contribution in [2.24, 2.45) is 0 Å². The number of rotatable bonds is 8. The zero-order valence-corrected chi connectivity index (χ0v) is 32.6.